The van der Waals surface area contributed by atoms with E-state index in [-0.39, 0.29) is 12.5 Å². The highest BCUT2D eigenvalue weighted by molar-refractivity contribution is 5.95. The van der Waals surface area contributed by atoms with E-state index in [1.165, 1.54) is 0 Å². The zero-order valence-corrected chi connectivity index (χ0v) is 9.82. The van der Waals surface area contributed by atoms with Crippen LogP contribution in [0.3, 0.4) is 0 Å². The van der Waals surface area contributed by atoms with Crippen molar-refractivity contribution in [2.24, 2.45) is 11.7 Å². The predicted molar refractivity (Wildman–Crippen MR) is 67.3 cm³/mol. The standard InChI is InChI=1S/C12H17N3O2/c1-8(5-13)6-14-9-2-3-11-10(4-9)15-12(16)7-17-11/h2-4,8,14H,5-7,13H2,1H3,(H,15,16). The van der Waals surface area contributed by atoms with Crippen molar-refractivity contribution in [2.45, 2.75) is 6.92 Å². The van der Waals surface area contributed by atoms with Gasteiger partial charge in [-0.25, -0.2) is 0 Å². The third-order valence-electron chi connectivity index (χ3n) is 2.67. The Bertz CT molecular complexity index is 420. The molecule has 1 aromatic carbocycles. The van der Waals surface area contributed by atoms with Crippen LogP contribution in [0.2, 0.25) is 0 Å². The van der Waals surface area contributed by atoms with Crippen LogP contribution in [-0.2, 0) is 4.79 Å². The number of rotatable bonds is 4. The largest absolute Gasteiger partial charge is 0.482 e. The van der Waals surface area contributed by atoms with Crippen LogP contribution in [0.5, 0.6) is 5.75 Å². The summed E-state index contributed by atoms with van der Waals surface area (Å²) in [5, 5.41) is 6.05. The number of ether oxygens (including phenoxy) is 1. The van der Waals surface area contributed by atoms with Crippen molar-refractivity contribution in [1.82, 2.24) is 0 Å². The topological polar surface area (TPSA) is 76.4 Å². The maximum absolute atomic E-state index is 11.2. The van der Waals surface area contributed by atoms with Crippen LogP contribution in [0.4, 0.5) is 11.4 Å². The smallest absolute Gasteiger partial charge is 0.262 e. The zero-order valence-electron chi connectivity index (χ0n) is 9.82. The van der Waals surface area contributed by atoms with Gasteiger partial charge in [0, 0.05) is 12.2 Å². The van der Waals surface area contributed by atoms with Crippen molar-refractivity contribution < 1.29 is 9.53 Å². The summed E-state index contributed by atoms with van der Waals surface area (Å²) in [5.74, 6) is 1.00. The molecule has 92 valence electrons. The van der Waals surface area contributed by atoms with Crippen LogP contribution in [0, 0.1) is 5.92 Å². The van der Waals surface area contributed by atoms with E-state index in [4.69, 9.17) is 10.5 Å². The molecule has 4 N–H and O–H groups in total. The molecule has 0 saturated heterocycles. The maximum Gasteiger partial charge on any atom is 0.262 e. The first-order valence-electron chi connectivity index (χ1n) is 5.69. The second-order valence-electron chi connectivity index (χ2n) is 4.27. The van der Waals surface area contributed by atoms with Gasteiger partial charge in [0.1, 0.15) is 5.75 Å². The molecule has 0 saturated carbocycles. The van der Waals surface area contributed by atoms with Crippen molar-refractivity contribution in [2.75, 3.05) is 30.3 Å². The Balaban J connectivity index is 2.05. The fourth-order valence-electron chi connectivity index (χ4n) is 1.57. The van der Waals surface area contributed by atoms with Gasteiger partial charge in [0.2, 0.25) is 0 Å². The number of hydrogen-bond acceptors (Lipinski definition) is 4. The van der Waals surface area contributed by atoms with Crippen molar-refractivity contribution in [3.05, 3.63) is 18.2 Å². The third-order valence-corrected chi connectivity index (χ3v) is 2.67. The van der Waals surface area contributed by atoms with Crippen molar-refractivity contribution in [3.8, 4) is 5.75 Å². The van der Waals surface area contributed by atoms with E-state index in [0.717, 1.165) is 12.2 Å². The molecule has 0 aromatic heterocycles. The minimum Gasteiger partial charge on any atom is -0.482 e. The summed E-state index contributed by atoms with van der Waals surface area (Å²) in [7, 11) is 0. The van der Waals surface area contributed by atoms with E-state index in [2.05, 4.69) is 17.6 Å². The lowest BCUT2D eigenvalue weighted by atomic mass is 10.1. The van der Waals surface area contributed by atoms with Crippen LogP contribution in [0.15, 0.2) is 18.2 Å². The molecular weight excluding hydrogens is 218 g/mol. The Morgan fingerprint density at radius 3 is 3.18 bits per heavy atom. The first-order chi connectivity index (χ1) is 8.19. The van der Waals surface area contributed by atoms with Gasteiger partial charge < -0.3 is 21.1 Å². The maximum atomic E-state index is 11.2. The monoisotopic (exact) mass is 235 g/mol. The lowest BCUT2D eigenvalue weighted by molar-refractivity contribution is -0.118. The van der Waals surface area contributed by atoms with Gasteiger partial charge in [0.05, 0.1) is 5.69 Å². The summed E-state index contributed by atoms with van der Waals surface area (Å²) < 4.78 is 5.28. The van der Waals surface area contributed by atoms with E-state index >= 15 is 0 Å². The number of benzene rings is 1. The molecule has 1 aliphatic heterocycles. The molecule has 0 spiro atoms. The summed E-state index contributed by atoms with van der Waals surface area (Å²) in [5.41, 5.74) is 7.22. The normalized spacial score (nSPS) is 15.5. The summed E-state index contributed by atoms with van der Waals surface area (Å²) in [4.78, 5) is 11.2. The second-order valence-corrected chi connectivity index (χ2v) is 4.27. The summed E-state index contributed by atoms with van der Waals surface area (Å²) in [6, 6.07) is 5.65. The van der Waals surface area contributed by atoms with Gasteiger partial charge in [0.15, 0.2) is 6.61 Å². The molecule has 2 rings (SSSR count). The molecule has 5 heteroatoms. The number of amides is 1. The molecule has 1 aromatic rings. The molecule has 1 atom stereocenters. The molecule has 5 nitrogen and oxygen atoms in total. The third kappa shape index (κ3) is 2.88. The van der Waals surface area contributed by atoms with Crippen LogP contribution in [0.1, 0.15) is 6.92 Å². The molecule has 0 bridgehead atoms. The number of nitrogens with two attached hydrogens (primary N) is 1. The molecule has 0 aliphatic carbocycles. The number of fused-ring (bicyclic) bond motifs is 1. The van der Waals surface area contributed by atoms with Crippen LogP contribution < -0.4 is 21.1 Å². The van der Waals surface area contributed by atoms with Crippen LogP contribution in [-0.4, -0.2) is 25.6 Å². The molecular formula is C12H17N3O2. The number of anilines is 2. The fraction of sp³-hybridized carbons (Fsp3) is 0.417. The Morgan fingerprint density at radius 1 is 1.59 bits per heavy atom. The highest BCUT2D eigenvalue weighted by Gasteiger charge is 2.15. The average molecular weight is 235 g/mol. The minimum atomic E-state index is -0.120. The molecule has 17 heavy (non-hydrogen) atoms. The van der Waals surface area contributed by atoms with Gasteiger partial charge in [-0.1, -0.05) is 6.92 Å². The van der Waals surface area contributed by atoms with Gasteiger partial charge in [-0.3, -0.25) is 4.79 Å². The molecule has 1 amide bonds. The van der Waals surface area contributed by atoms with E-state index < -0.39 is 0 Å². The SMILES string of the molecule is CC(CN)CNc1ccc2c(c1)NC(=O)CO2. The summed E-state index contributed by atoms with van der Waals surface area (Å²) in [6.07, 6.45) is 0. The van der Waals surface area contributed by atoms with Gasteiger partial charge in [-0.2, -0.15) is 0 Å². The molecule has 1 aliphatic rings. The highest BCUT2D eigenvalue weighted by Crippen LogP contribution is 2.30. The Kier molecular flexibility index (Phi) is 3.49. The first kappa shape index (κ1) is 11.7. The summed E-state index contributed by atoms with van der Waals surface area (Å²) >= 11 is 0. The van der Waals surface area contributed by atoms with Crippen molar-refractivity contribution in [3.63, 3.8) is 0 Å². The lowest BCUT2D eigenvalue weighted by Crippen LogP contribution is -2.25. The second kappa shape index (κ2) is 5.05. The minimum absolute atomic E-state index is 0.0873. The fourth-order valence-corrected chi connectivity index (χ4v) is 1.57. The number of nitrogens with one attached hydrogen (secondary N) is 2. The molecule has 1 unspecified atom stereocenters. The number of hydrogen-bond donors (Lipinski definition) is 3. The van der Waals surface area contributed by atoms with Crippen molar-refractivity contribution >= 4 is 17.3 Å². The van der Waals surface area contributed by atoms with Gasteiger partial charge in [0.25, 0.3) is 5.91 Å². The molecule has 0 fully saturated rings. The van der Waals surface area contributed by atoms with Crippen LogP contribution in [0.25, 0.3) is 0 Å². The Hall–Kier alpha value is -1.75. The van der Waals surface area contributed by atoms with E-state index in [9.17, 15) is 4.79 Å². The van der Waals surface area contributed by atoms with E-state index in [1.54, 1.807) is 0 Å². The summed E-state index contributed by atoms with van der Waals surface area (Å²) in [6.45, 7) is 3.63. The van der Waals surface area contributed by atoms with E-state index in [0.29, 0.717) is 23.9 Å². The van der Waals surface area contributed by atoms with Gasteiger partial charge >= 0.3 is 0 Å². The Labute approximate surface area is 100 Å². The van der Waals surface area contributed by atoms with Crippen molar-refractivity contribution in [1.29, 1.82) is 0 Å². The lowest BCUT2D eigenvalue weighted by Gasteiger charge is -2.19. The quantitative estimate of drug-likeness (QED) is 0.728. The highest BCUT2D eigenvalue weighted by atomic mass is 16.5. The Morgan fingerprint density at radius 2 is 2.41 bits per heavy atom. The van der Waals surface area contributed by atoms with Gasteiger partial charge in [-0.05, 0) is 30.7 Å². The van der Waals surface area contributed by atoms with E-state index in [1.807, 2.05) is 18.2 Å². The zero-order chi connectivity index (χ0) is 12.3. The van der Waals surface area contributed by atoms with Crippen LogP contribution >= 0.6 is 0 Å². The average Bonchev–Trinajstić information content (AvgIpc) is 2.35. The van der Waals surface area contributed by atoms with Gasteiger partial charge in [-0.15, -0.1) is 0 Å². The predicted octanol–water partition coefficient (Wildman–Crippen LogP) is 1.02. The number of carbonyl (C=O) groups excluding carboxylic acids is 1. The molecule has 1 heterocycles. The molecule has 0 radical (unpaired) electrons. The number of carbonyl (C=O) groups is 1. The first-order valence-corrected chi connectivity index (χ1v) is 5.69.